The van der Waals surface area contributed by atoms with E-state index in [4.69, 9.17) is 0 Å². The van der Waals surface area contributed by atoms with Crippen LogP contribution in [0.25, 0.3) is 0 Å². The van der Waals surface area contributed by atoms with E-state index in [1.54, 1.807) is 24.3 Å². The van der Waals surface area contributed by atoms with Crippen molar-refractivity contribution in [3.05, 3.63) is 53.7 Å². The first-order valence-electron chi connectivity index (χ1n) is 9.26. The molecule has 0 aliphatic carbocycles. The second-order valence-electron chi connectivity index (χ2n) is 6.07. The number of guanidine groups is 1. The van der Waals surface area contributed by atoms with E-state index < -0.39 is 6.61 Å². The zero-order chi connectivity index (χ0) is 21.1. The van der Waals surface area contributed by atoms with Gasteiger partial charge in [0.25, 0.3) is 0 Å². The third kappa shape index (κ3) is 9.33. The summed E-state index contributed by atoms with van der Waals surface area (Å²) in [4.78, 5) is 20.6. The Morgan fingerprint density at radius 2 is 1.93 bits per heavy atom. The predicted octanol–water partition coefficient (Wildman–Crippen LogP) is 3.69. The number of nitrogens with one attached hydrogen (secondary N) is 3. The Hall–Kier alpha value is -2.50. The van der Waals surface area contributed by atoms with Crippen LogP contribution in [0.1, 0.15) is 24.6 Å². The van der Waals surface area contributed by atoms with Crippen LogP contribution in [-0.2, 0) is 11.3 Å². The lowest BCUT2D eigenvalue weighted by molar-refractivity contribution is -0.116. The maximum absolute atomic E-state index is 12.5. The van der Waals surface area contributed by atoms with Gasteiger partial charge in [0.05, 0.1) is 6.54 Å². The number of nitrogens with zero attached hydrogens (tertiary/aromatic N) is 2. The molecule has 0 radical (unpaired) electrons. The lowest BCUT2D eigenvalue weighted by Gasteiger charge is -2.13. The van der Waals surface area contributed by atoms with Crippen LogP contribution < -0.4 is 20.7 Å². The summed E-state index contributed by atoms with van der Waals surface area (Å²) in [6.45, 7) is 1.96. The smallest absolute Gasteiger partial charge is 0.387 e. The van der Waals surface area contributed by atoms with Crippen LogP contribution >= 0.6 is 24.0 Å². The molecule has 0 aliphatic heterocycles. The maximum Gasteiger partial charge on any atom is 0.387 e. The molecule has 164 valence electrons. The number of carbonyl (C=O) groups is 1. The fraction of sp³-hybridized carbons (Fsp3) is 0.350. The molecule has 7 nitrogen and oxygen atoms in total. The van der Waals surface area contributed by atoms with Gasteiger partial charge in [-0.2, -0.15) is 8.78 Å². The lowest BCUT2D eigenvalue weighted by atomic mass is 10.2. The topological polar surface area (TPSA) is 87.6 Å². The Morgan fingerprint density at radius 3 is 2.63 bits per heavy atom. The van der Waals surface area contributed by atoms with Crippen LogP contribution in [0.15, 0.2) is 47.5 Å². The molecule has 1 aromatic heterocycles. The number of aliphatic imine (C=N–C) groups is 1. The van der Waals surface area contributed by atoms with E-state index in [1.807, 2.05) is 26.0 Å². The third-order valence-corrected chi connectivity index (χ3v) is 3.74. The number of anilines is 1. The molecule has 1 amide bonds. The van der Waals surface area contributed by atoms with Gasteiger partial charge >= 0.3 is 6.61 Å². The van der Waals surface area contributed by atoms with E-state index in [2.05, 4.69) is 30.7 Å². The first-order chi connectivity index (χ1) is 14.0. The van der Waals surface area contributed by atoms with Gasteiger partial charge in [-0.05, 0) is 32.0 Å². The standard InChI is InChI=1S/C20H25F2N5O2.HI/c1-3-23-20(25-13-15-8-4-5-9-16(15)29-19(21)22)24-12-11-18(28)27-17-10-6-7-14(2)26-17;/h4-10,19H,3,11-13H2,1-2H3,(H2,23,24,25)(H,26,27,28);1H. The van der Waals surface area contributed by atoms with Crippen LogP contribution in [-0.4, -0.2) is 36.6 Å². The largest absolute Gasteiger partial charge is 0.434 e. The number of amides is 1. The molecule has 10 heteroatoms. The molecule has 3 N–H and O–H groups in total. The quantitative estimate of drug-likeness (QED) is 0.260. The SMILES string of the molecule is CCNC(=NCc1ccccc1OC(F)F)NCCC(=O)Nc1cccc(C)n1.I. The number of ether oxygens (including phenoxy) is 1. The Morgan fingerprint density at radius 1 is 1.17 bits per heavy atom. The Labute approximate surface area is 191 Å². The minimum absolute atomic E-state index is 0. The third-order valence-electron chi connectivity index (χ3n) is 3.74. The summed E-state index contributed by atoms with van der Waals surface area (Å²) in [5, 5.41) is 8.83. The van der Waals surface area contributed by atoms with Gasteiger partial charge in [0.2, 0.25) is 5.91 Å². The molecular weight excluding hydrogens is 507 g/mol. The molecule has 0 spiro atoms. The molecule has 0 bridgehead atoms. The number of aryl methyl sites for hydroxylation is 1. The van der Waals surface area contributed by atoms with E-state index in [9.17, 15) is 13.6 Å². The lowest BCUT2D eigenvalue weighted by Crippen LogP contribution is -2.38. The van der Waals surface area contributed by atoms with E-state index in [1.165, 1.54) is 6.07 Å². The van der Waals surface area contributed by atoms with Gasteiger partial charge in [0.15, 0.2) is 5.96 Å². The highest BCUT2D eigenvalue weighted by molar-refractivity contribution is 14.0. The van der Waals surface area contributed by atoms with E-state index >= 15 is 0 Å². The Bertz CT molecular complexity index is 836. The first-order valence-corrected chi connectivity index (χ1v) is 9.26. The average molecular weight is 533 g/mol. The predicted molar refractivity (Wildman–Crippen MR) is 124 cm³/mol. The Kier molecular flexibility index (Phi) is 11.6. The van der Waals surface area contributed by atoms with Gasteiger partial charge in [0.1, 0.15) is 11.6 Å². The monoisotopic (exact) mass is 533 g/mol. The summed E-state index contributed by atoms with van der Waals surface area (Å²) < 4.78 is 29.5. The number of rotatable bonds is 9. The van der Waals surface area contributed by atoms with Crippen molar-refractivity contribution in [3.8, 4) is 5.75 Å². The number of benzene rings is 1. The highest BCUT2D eigenvalue weighted by atomic mass is 127. The highest BCUT2D eigenvalue weighted by Crippen LogP contribution is 2.20. The fourth-order valence-electron chi connectivity index (χ4n) is 2.46. The van der Waals surface area contributed by atoms with Crippen molar-refractivity contribution in [1.29, 1.82) is 0 Å². The summed E-state index contributed by atoms with van der Waals surface area (Å²) in [5.41, 5.74) is 1.35. The molecule has 2 aromatic rings. The van der Waals surface area contributed by atoms with Crippen molar-refractivity contribution in [1.82, 2.24) is 15.6 Å². The zero-order valence-corrected chi connectivity index (χ0v) is 19.2. The van der Waals surface area contributed by atoms with Gasteiger partial charge < -0.3 is 20.7 Å². The van der Waals surface area contributed by atoms with Crippen molar-refractivity contribution >= 4 is 41.7 Å². The maximum atomic E-state index is 12.5. The number of pyridine rings is 1. The van der Waals surface area contributed by atoms with Crippen LogP contribution in [0.4, 0.5) is 14.6 Å². The van der Waals surface area contributed by atoms with Gasteiger partial charge in [-0.25, -0.2) is 9.98 Å². The Balaban J connectivity index is 0.00000450. The first kappa shape index (κ1) is 25.5. The molecule has 0 fully saturated rings. The number of para-hydroxylation sites is 1. The average Bonchev–Trinajstić information content (AvgIpc) is 2.66. The zero-order valence-electron chi connectivity index (χ0n) is 16.8. The van der Waals surface area contributed by atoms with Crippen molar-refractivity contribution in [2.24, 2.45) is 4.99 Å². The molecule has 1 heterocycles. The van der Waals surface area contributed by atoms with E-state index in [0.29, 0.717) is 30.4 Å². The minimum atomic E-state index is -2.90. The number of aromatic nitrogens is 1. The van der Waals surface area contributed by atoms with Crippen LogP contribution in [0, 0.1) is 6.92 Å². The number of hydrogen-bond acceptors (Lipinski definition) is 4. The van der Waals surface area contributed by atoms with Crippen molar-refractivity contribution < 1.29 is 18.3 Å². The minimum Gasteiger partial charge on any atom is -0.434 e. The molecular formula is C20H26F2IN5O2. The highest BCUT2D eigenvalue weighted by Gasteiger charge is 2.09. The molecule has 2 rings (SSSR count). The van der Waals surface area contributed by atoms with Crippen molar-refractivity contribution in [3.63, 3.8) is 0 Å². The molecule has 30 heavy (non-hydrogen) atoms. The van der Waals surface area contributed by atoms with Gasteiger partial charge in [-0.15, -0.1) is 24.0 Å². The summed E-state index contributed by atoms with van der Waals surface area (Å²) in [6, 6.07) is 11.9. The number of halogens is 3. The van der Waals surface area contributed by atoms with E-state index in [-0.39, 0.29) is 48.6 Å². The van der Waals surface area contributed by atoms with Gasteiger partial charge in [0, 0.05) is 30.8 Å². The molecule has 0 atom stereocenters. The molecule has 0 aliphatic rings. The number of carbonyl (C=O) groups excluding carboxylic acids is 1. The van der Waals surface area contributed by atoms with Crippen LogP contribution in [0.5, 0.6) is 5.75 Å². The second kappa shape index (κ2) is 13.7. The molecule has 0 saturated heterocycles. The summed E-state index contributed by atoms with van der Waals surface area (Å²) in [7, 11) is 0. The summed E-state index contributed by atoms with van der Waals surface area (Å²) in [6.07, 6.45) is 0.213. The number of alkyl halides is 2. The summed E-state index contributed by atoms with van der Waals surface area (Å²) in [5.74, 6) is 0.890. The van der Waals surface area contributed by atoms with Gasteiger partial charge in [-0.3, -0.25) is 4.79 Å². The van der Waals surface area contributed by atoms with Crippen LogP contribution in [0.3, 0.4) is 0 Å². The van der Waals surface area contributed by atoms with Crippen molar-refractivity contribution in [2.45, 2.75) is 33.4 Å². The fourth-order valence-corrected chi connectivity index (χ4v) is 2.46. The molecule has 1 aromatic carbocycles. The van der Waals surface area contributed by atoms with Crippen LogP contribution in [0.2, 0.25) is 0 Å². The molecule has 0 saturated carbocycles. The van der Waals surface area contributed by atoms with Gasteiger partial charge in [-0.1, -0.05) is 24.3 Å². The second-order valence-corrected chi connectivity index (χ2v) is 6.07. The summed E-state index contributed by atoms with van der Waals surface area (Å²) >= 11 is 0. The van der Waals surface area contributed by atoms with Crippen molar-refractivity contribution in [2.75, 3.05) is 18.4 Å². The molecule has 0 unspecified atom stereocenters. The normalized spacial score (nSPS) is 10.9. The van der Waals surface area contributed by atoms with E-state index in [0.717, 1.165) is 5.69 Å². The number of hydrogen-bond donors (Lipinski definition) is 3.